The second-order valence-electron chi connectivity index (χ2n) is 7.20. The molecule has 1 N–H and O–H groups in total. The number of hydrogen-bond donors (Lipinski definition) is 1. The summed E-state index contributed by atoms with van der Waals surface area (Å²) in [5.41, 5.74) is 1.50. The molecule has 0 saturated heterocycles. The summed E-state index contributed by atoms with van der Waals surface area (Å²) in [6.07, 6.45) is 6.19. The largest absolute Gasteiger partial charge is 0.501 e. The van der Waals surface area contributed by atoms with Crippen molar-refractivity contribution >= 4 is 39.0 Å². The molecule has 1 aromatic heterocycles. The predicted octanol–water partition coefficient (Wildman–Crippen LogP) is 1.25. The first-order chi connectivity index (χ1) is 13.2. The summed E-state index contributed by atoms with van der Waals surface area (Å²) in [6, 6.07) is -0.452. The number of allylic oxidation sites excluding steroid dienone is 1. The lowest BCUT2D eigenvalue weighted by Gasteiger charge is -2.24. The lowest BCUT2D eigenvalue weighted by atomic mass is 10.00. The van der Waals surface area contributed by atoms with E-state index in [9.17, 15) is 18.0 Å². The number of aromatic nitrogens is 1. The maximum Gasteiger partial charge on any atom is 0.501 e. The van der Waals surface area contributed by atoms with Crippen LogP contribution in [-0.4, -0.2) is 58.9 Å². The topological polar surface area (TPSA) is 99.4 Å². The van der Waals surface area contributed by atoms with E-state index >= 15 is 0 Å². The summed E-state index contributed by atoms with van der Waals surface area (Å²) >= 11 is 1.50. The Bertz CT molecular complexity index is 1080. The number of sulfonamides is 1. The molecule has 1 unspecified atom stereocenters. The van der Waals surface area contributed by atoms with Gasteiger partial charge in [-0.1, -0.05) is 6.08 Å². The molecule has 1 atom stereocenters. The summed E-state index contributed by atoms with van der Waals surface area (Å²) in [5, 5.41) is -0.0368. The minimum atomic E-state index is -3.61. The molecular formula is C18H21N4O4S2+. The summed E-state index contributed by atoms with van der Waals surface area (Å²) in [4.78, 5) is 31.8. The molecule has 148 valence electrons. The Morgan fingerprint density at radius 2 is 2.04 bits per heavy atom. The van der Waals surface area contributed by atoms with Crippen LogP contribution in [0, 0.1) is 13.8 Å². The predicted molar refractivity (Wildman–Crippen MR) is 105 cm³/mol. The van der Waals surface area contributed by atoms with Crippen LogP contribution < -0.4 is 4.72 Å². The summed E-state index contributed by atoms with van der Waals surface area (Å²) in [7, 11) is -2.21. The van der Waals surface area contributed by atoms with Crippen LogP contribution in [0.1, 0.15) is 28.4 Å². The third-order valence-corrected chi connectivity index (χ3v) is 7.69. The number of rotatable bonds is 5. The van der Waals surface area contributed by atoms with E-state index in [0.717, 1.165) is 33.3 Å². The average molecular weight is 422 g/mol. The van der Waals surface area contributed by atoms with Gasteiger partial charge in [-0.3, -0.25) is 0 Å². The molecule has 1 fully saturated rings. The molecule has 8 nitrogen and oxygen atoms in total. The van der Waals surface area contributed by atoms with Crippen molar-refractivity contribution in [1.29, 1.82) is 0 Å². The van der Waals surface area contributed by atoms with Crippen LogP contribution in [-0.2, 0) is 21.4 Å². The van der Waals surface area contributed by atoms with Crippen LogP contribution in [0.5, 0.6) is 0 Å². The highest BCUT2D eigenvalue weighted by Crippen LogP contribution is 2.26. The minimum Gasteiger partial charge on any atom is -0.246 e. The first-order valence-electron chi connectivity index (χ1n) is 8.98. The Morgan fingerprint density at radius 1 is 1.32 bits per heavy atom. The highest BCUT2D eigenvalue weighted by Gasteiger charge is 2.44. The molecule has 3 aliphatic rings. The zero-order valence-corrected chi connectivity index (χ0v) is 17.4. The van der Waals surface area contributed by atoms with E-state index in [0.29, 0.717) is 5.71 Å². The second kappa shape index (κ2) is 6.71. The van der Waals surface area contributed by atoms with Gasteiger partial charge in [0.05, 0.1) is 22.6 Å². The maximum atomic E-state index is 12.7. The standard InChI is InChI=1S/C18H21N4O4S2/c1-10-16(27-11(2)19-10)9-22-15-7-6-13(28(25,26)20-12-4-5-12)8-14(15)17(23)21(3)18(22)24/h6-8,12-13,20H,4-5,9H2,1-3H3/q+1. The van der Waals surface area contributed by atoms with Crippen molar-refractivity contribution in [2.75, 3.05) is 7.05 Å². The number of likely N-dealkylation sites (N-methyl/N-ethyl adjacent to an activating group) is 1. The van der Waals surface area contributed by atoms with Gasteiger partial charge in [-0.2, -0.15) is 14.3 Å². The highest BCUT2D eigenvalue weighted by atomic mass is 32.2. The fourth-order valence-corrected chi connectivity index (χ4v) is 5.65. The smallest absolute Gasteiger partial charge is 0.246 e. The van der Waals surface area contributed by atoms with Crippen molar-refractivity contribution in [3.05, 3.63) is 39.4 Å². The van der Waals surface area contributed by atoms with Crippen molar-refractivity contribution in [3.8, 4) is 0 Å². The Morgan fingerprint density at radius 3 is 2.64 bits per heavy atom. The number of aryl methyl sites for hydroxylation is 2. The molecule has 1 aliphatic heterocycles. The van der Waals surface area contributed by atoms with Gasteiger partial charge in [0.2, 0.25) is 10.0 Å². The zero-order chi connectivity index (χ0) is 20.2. The van der Waals surface area contributed by atoms with Gasteiger partial charge in [-0.25, -0.2) is 22.9 Å². The van der Waals surface area contributed by atoms with E-state index in [2.05, 4.69) is 9.71 Å². The number of nitrogens with zero attached hydrogens (tertiary/aromatic N) is 3. The summed E-state index contributed by atoms with van der Waals surface area (Å²) in [5.74, 6) is -0.496. The molecule has 2 aliphatic carbocycles. The van der Waals surface area contributed by atoms with Gasteiger partial charge in [0, 0.05) is 6.04 Å². The third kappa shape index (κ3) is 3.36. The summed E-state index contributed by atoms with van der Waals surface area (Å²) < 4.78 is 29.3. The number of hydrogen-bond acceptors (Lipinski definition) is 6. The van der Waals surface area contributed by atoms with Gasteiger partial charge in [0.1, 0.15) is 23.1 Å². The van der Waals surface area contributed by atoms with Crippen LogP contribution in [0.2, 0.25) is 0 Å². The maximum absolute atomic E-state index is 12.7. The number of fused-ring (bicyclic) bond motifs is 1. The normalized spacial score (nSPS) is 22.6. The Balaban J connectivity index is 1.74. The number of thiazole rings is 1. The number of imide groups is 1. The molecule has 0 spiro atoms. The first kappa shape index (κ1) is 19.2. The number of carbonyl (C=O) groups excluding carboxylic acids is 2. The fourth-order valence-electron chi connectivity index (χ4n) is 3.27. The number of nitrogens with one attached hydrogen (secondary N) is 1. The molecular weight excluding hydrogens is 400 g/mol. The Labute approximate surface area is 167 Å². The van der Waals surface area contributed by atoms with Gasteiger partial charge in [-0.15, -0.1) is 11.3 Å². The number of urea groups is 1. The SMILES string of the molecule is Cc1nc(C)c(C[N+]2=C3C=CC(S(=O)(=O)NC4CC4)C=C3C(=O)N(C)C2=O)s1. The van der Waals surface area contributed by atoms with Gasteiger partial charge in [-0.05, 0) is 38.8 Å². The molecule has 10 heteroatoms. The fraction of sp³-hybridized carbons (Fsp3) is 0.444. The second-order valence-corrected chi connectivity index (χ2v) is 10.4. The highest BCUT2D eigenvalue weighted by molar-refractivity contribution is 7.90. The van der Waals surface area contributed by atoms with E-state index in [1.807, 2.05) is 13.8 Å². The van der Waals surface area contributed by atoms with E-state index in [4.69, 9.17) is 0 Å². The number of amides is 3. The molecule has 28 heavy (non-hydrogen) atoms. The van der Waals surface area contributed by atoms with E-state index in [1.165, 1.54) is 35.1 Å². The van der Waals surface area contributed by atoms with Crippen molar-refractivity contribution in [3.63, 3.8) is 0 Å². The van der Waals surface area contributed by atoms with Crippen LogP contribution in [0.15, 0.2) is 23.8 Å². The van der Waals surface area contributed by atoms with Crippen LogP contribution >= 0.6 is 11.3 Å². The minimum absolute atomic E-state index is 0.0115. The molecule has 1 aromatic rings. The Hall–Kier alpha value is -2.17. The zero-order valence-electron chi connectivity index (χ0n) is 15.8. The van der Waals surface area contributed by atoms with Gasteiger partial charge in [0.25, 0.3) is 0 Å². The quantitative estimate of drug-likeness (QED) is 0.722. The van der Waals surface area contributed by atoms with Crippen molar-refractivity contribution < 1.29 is 22.6 Å². The third-order valence-electron chi connectivity index (χ3n) is 4.96. The van der Waals surface area contributed by atoms with Gasteiger partial charge in [0.15, 0.2) is 0 Å². The van der Waals surface area contributed by atoms with E-state index in [1.54, 1.807) is 6.08 Å². The molecule has 0 radical (unpaired) electrons. The van der Waals surface area contributed by atoms with Crippen molar-refractivity contribution in [2.24, 2.45) is 0 Å². The van der Waals surface area contributed by atoms with Crippen molar-refractivity contribution in [1.82, 2.24) is 14.6 Å². The van der Waals surface area contributed by atoms with E-state index in [-0.39, 0.29) is 18.2 Å². The van der Waals surface area contributed by atoms with Crippen LogP contribution in [0.25, 0.3) is 0 Å². The summed E-state index contributed by atoms with van der Waals surface area (Å²) in [6.45, 7) is 4.06. The van der Waals surface area contributed by atoms with Gasteiger partial charge >= 0.3 is 11.9 Å². The lowest BCUT2D eigenvalue weighted by molar-refractivity contribution is -0.451. The Kier molecular flexibility index (Phi) is 4.59. The van der Waals surface area contributed by atoms with Crippen LogP contribution in [0.4, 0.5) is 4.79 Å². The lowest BCUT2D eigenvalue weighted by Crippen LogP contribution is -2.50. The molecule has 4 rings (SSSR count). The van der Waals surface area contributed by atoms with Gasteiger partial charge < -0.3 is 0 Å². The molecule has 0 bridgehead atoms. The molecule has 2 heterocycles. The van der Waals surface area contributed by atoms with E-state index < -0.39 is 27.2 Å². The monoisotopic (exact) mass is 421 g/mol. The first-order valence-corrected chi connectivity index (χ1v) is 11.3. The molecule has 1 saturated carbocycles. The van der Waals surface area contributed by atoms with Crippen molar-refractivity contribution in [2.45, 2.75) is 44.5 Å². The molecule has 3 amide bonds. The average Bonchev–Trinajstić information content (AvgIpc) is 3.38. The van der Waals surface area contributed by atoms with Crippen LogP contribution in [0.3, 0.4) is 0 Å². The number of carbonyl (C=O) groups is 2. The molecule has 0 aromatic carbocycles.